The fourth-order valence-corrected chi connectivity index (χ4v) is 3.27. The zero-order valence-corrected chi connectivity index (χ0v) is 11.9. The van der Waals surface area contributed by atoms with Crippen LogP contribution in [0.25, 0.3) is 10.9 Å². The molecule has 0 fully saturated rings. The van der Waals surface area contributed by atoms with E-state index in [1.54, 1.807) is 18.7 Å². The summed E-state index contributed by atoms with van der Waals surface area (Å²) in [5.41, 5.74) is 1.82. The van der Waals surface area contributed by atoms with E-state index in [1.807, 2.05) is 30.3 Å². The Hall–Kier alpha value is -2.21. The molecule has 2 N–H and O–H groups in total. The number of carboxylic acids is 1. The molecular formula is C14H13N3O2S. The molecule has 3 rings (SSSR count). The number of nitrogens with one attached hydrogen (secondary N) is 1. The summed E-state index contributed by atoms with van der Waals surface area (Å²) in [6.45, 7) is 1.71. The zero-order chi connectivity index (χ0) is 14.3. The van der Waals surface area contributed by atoms with Crippen molar-refractivity contribution in [3.8, 4) is 0 Å². The predicted molar refractivity (Wildman–Crippen MR) is 77.3 cm³/mol. The maximum atomic E-state index is 11.3. The quantitative estimate of drug-likeness (QED) is 0.776. The Kier molecular flexibility index (Phi) is 3.02. The Balaban J connectivity index is 2.04. The van der Waals surface area contributed by atoms with E-state index in [1.165, 1.54) is 11.8 Å². The zero-order valence-electron chi connectivity index (χ0n) is 11.0. The second kappa shape index (κ2) is 4.72. The number of carbonyl (C=O) groups is 1. The lowest BCUT2D eigenvalue weighted by atomic mass is 10.3. The molecule has 0 aliphatic carbocycles. The van der Waals surface area contributed by atoms with Crippen molar-refractivity contribution in [1.29, 1.82) is 0 Å². The van der Waals surface area contributed by atoms with Gasteiger partial charge in [-0.05, 0) is 19.1 Å². The maximum Gasteiger partial charge on any atom is 0.340 e. The molecule has 5 nitrogen and oxygen atoms in total. The van der Waals surface area contributed by atoms with Gasteiger partial charge in [0.1, 0.15) is 10.6 Å². The predicted octanol–water partition coefficient (Wildman–Crippen LogP) is 3.06. The van der Waals surface area contributed by atoms with Crippen LogP contribution in [0, 0.1) is 6.92 Å². The number of aryl methyl sites for hydroxylation is 2. The normalized spacial score (nSPS) is 11.1. The molecule has 0 amide bonds. The van der Waals surface area contributed by atoms with E-state index in [9.17, 15) is 9.90 Å². The van der Waals surface area contributed by atoms with Gasteiger partial charge >= 0.3 is 5.97 Å². The first-order chi connectivity index (χ1) is 9.56. The first-order valence-electron chi connectivity index (χ1n) is 6.09. The third-order valence-corrected chi connectivity index (χ3v) is 4.20. The maximum absolute atomic E-state index is 11.3. The van der Waals surface area contributed by atoms with Crippen LogP contribution < -0.4 is 0 Å². The molecule has 2 heterocycles. The van der Waals surface area contributed by atoms with E-state index >= 15 is 0 Å². The first kappa shape index (κ1) is 12.8. The Morgan fingerprint density at radius 1 is 1.40 bits per heavy atom. The van der Waals surface area contributed by atoms with Gasteiger partial charge in [0.2, 0.25) is 0 Å². The van der Waals surface area contributed by atoms with Gasteiger partial charge < -0.3 is 10.1 Å². The number of fused-ring (bicyclic) bond motifs is 1. The minimum atomic E-state index is -0.950. The molecule has 6 heteroatoms. The van der Waals surface area contributed by atoms with Crippen molar-refractivity contribution < 1.29 is 9.90 Å². The van der Waals surface area contributed by atoms with Crippen LogP contribution >= 0.6 is 11.8 Å². The van der Waals surface area contributed by atoms with Crippen molar-refractivity contribution in [1.82, 2.24) is 14.8 Å². The Labute approximate surface area is 119 Å². The highest BCUT2D eigenvalue weighted by Crippen LogP contribution is 2.32. The fraction of sp³-hybridized carbons (Fsp3) is 0.143. The van der Waals surface area contributed by atoms with Gasteiger partial charge in [0, 0.05) is 18.0 Å². The largest absolute Gasteiger partial charge is 0.478 e. The van der Waals surface area contributed by atoms with Crippen molar-refractivity contribution in [2.45, 2.75) is 17.0 Å². The van der Waals surface area contributed by atoms with Gasteiger partial charge in [-0.2, -0.15) is 5.10 Å². The number of carboxylic acid groups (broad SMARTS) is 1. The molecular weight excluding hydrogens is 274 g/mol. The lowest BCUT2D eigenvalue weighted by Gasteiger charge is -2.01. The monoisotopic (exact) mass is 287 g/mol. The van der Waals surface area contributed by atoms with E-state index in [0.717, 1.165) is 15.9 Å². The smallest absolute Gasteiger partial charge is 0.340 e. The van der Waals surface area contributed by atoms with Crippen LogP contribution in [0.3, 0.4) is 0 Å². The molecule has 0 atom stereocenters. The van der Waals surface area contributed by atoms with E-state index < -0.39 is 5.97 Å². The number of aromatic nitrogens is 3. The molecule has 0 saturated heterocycles. The highest BCUT2D eigenvalue weighted by Gasteiger charge is 2.20. The van der Waals surface area contributed by atoms with Gasteiger partial charge in [-0.25, -0.2) is 4.79 Å². The SMILES string of the molecule is Cc1nn(C)c(Sc2cc3ccccc3[nH]2)c1C(=O)O. The van der Waals surface area contributed by atoms with Gasteiger partial charge in [-0.3, -0.25) is 4.68 Å². The molecule has 0 unspecified atom stereocenters. The van der Waals surface area contributed by atoms with Crippen LogP contribution in [0.15, 0.2) is 40.4 Å². The van der Waals surface area contributed by atoms with Crippen molar-refractivity contribution in [2.75, 3.05) is 0 Å². The Bertz CT molecular complexity index is 771. The molecule has 0 radical (unpaired) electrons. The van der Waals surface area contributed by atoms with E-state index in [2.05, 4.69) is 10.1 Å². The van der Waals surface area contributed by atoms with Crippen molar-refractivity contribution in [3.05, 3.63) is 41.6 Å². The molecule has 0 aliphatic rings. The number of nitrogens with zero attached hydrogens (tertiary/aromatic N) is 2. The summed E-state index contributed by atoms with van der Waals surface area (Å²) < 4.78 is 1.61. The topological polar surface area (TPSA) is 70.9 Å². The molecule has 1 aromatic carbocycles. The van der Waals surface area contributed by atoms with Crippen LogP contribution in [0.5, 0.6) is 0 Å². The summed E-state index contributed by atoms with van der Waals surface area (Å²) in [6.07, 6.45) is 0. The standard InChI is InChI=1S/C14H13N3O2S/c1-8-12(14(18)19)13(17(2)16-8)20-11-7-9-5-3-4-6-10(9)15-11/h3-7,15H,1-2H3,(H,18,19). The van der Waals surface area contributed by atoms with E-state index in [-0.39, 0.29) is 5.56 Å². The van der Waals surface area contributed by atoms with E-state index in [0.29, 0.717) is 10.7 Å². The van der Waals surface area contributed by atoms with Gasteiger partial charge in [0.25, 0.3) is 0 Å². The number of benzene rings is 1. The van der Waals surface area contributed by atoms with Gasteiger partial charge in [-0.1, -0.05) is 30.0 Å². The number of aromatic amines is 1. The third kappa shape index (κ3) is 2.08. The molecule has 0 aliphatic heterocycles. The minimum Gasteiger partial charge on any atom is -0.478 e. The van der Waals surface area contributed by atoms with Crippen LogP contribution in [-0.2, 0) is 7.05 Å². The van der Waals surface area contributed by atoms with Crippen LogP contribution in [-0.4, -0.2) is 25.8 Å². The average molecular weight is 287 g/mol. The third-order valence-electron chi connectivity index (χ3n) is 3.10. The van der Waals surface area contributed by atoms with Gasteiger partial charge in [-0.15, -0.1) is 0 Å². The second-order valence-corrected chi connectivity index (χ2v) is 5.55. The summed E-state index contributed by atoms with van der Waals surface area (Å²) >= 11 is 1.38. The van der Waals surface area contributed by atoms with Gasteiger partial charge in [0.15, 0.2) is 0 Å². The van der Waals surface area contributed by atoms with Crippen LogP contribution in [0.4, 0.5) is 0 Å². The van der Waals surface area contributed by atoms with Crippen molar-refractivity contribution >= 4 is 28.6 Å². The first-order valence-corrected chi connectivity index (χ1v) is 6.90. The molecule has 20 heavy (non-hydrogen) atoms. The summed E-state index contributed by atoms with van der Waals surface area (Å²) in [5, 5.41) is 16.1. The number of hydrogen-bond acceptors (Lipinski definition) is 3. The van der Waals surface area contributed by atoms with Crippen molar-refractivity contribution in [2.24, 2.45) is 7.05 Å². The van der Waals surface area contributed by atoms with E-state index in [4.69, 9.17) is 0 Å². The fourth-order valence-electron chi connectivity index (χ4n) is 2.21. The number of aromatic carboxylic acids is 1. The second-order valence-electron chi connectivity index (χ2n) is 4.52. The summed E-state index contributed by atoms with van der Waals surface area (Å²) in [4.78, 5) is 14.6. The lowest BCUT2D eigenvalue weighted by Crippen LogP contribution is -2.00. The van der Waals surface area contributed by atoms with Crippen LogP contribution in [0.1, 0.15) is 16.1 Å². The molecule has 0 bridgehead atoms. The average Bonchev–Trinajstić information content (AvgIpc) is 2.90. The number of para-hydroxylation sites is 1. The highest BCUT2D eigenvalue weighted by atomic mass is 32.2. The number of rotatable bonds is 3. The number of hydrogen-bond donors (Lipinski definition) is 2. The van der Waals surface area contributed by atoms with Gasteiger partial charge in [0.05, 0.1) is 10.7 Å². The van der Waals surface area contributed by atoms with Crippen molar-refractivity contribution in [3.63, 3.8) is 0 Å². The molecule has 102 valence electrons. The Morgan fingerprint density at radius 2 is 2.15 bits per heavy atom. The molecule has 2 aromatic heterocycles. The molecule has 3 aromatic rings. The molecule has 0 spiro atoms. The Morgan fingerprint density at radius 3 is 2.85 bits per heavy atom. The highest BCUT2D eigenvalue weighted by molar-refractivity contribution is 7.99. The van der Waals surface area contributed by atoms with Crippen LogP contribution in [0.2, 0.25) is 0 Å². The number of H-pyrrole nitrogens is 1. The minimum absolute atomic E-state index is 0.260. The lowest BCUT2D eigenvalue weighted by molar-refractivity contribution is 0.0692. The molecule has 0 saturated carbocycles. The summed E-state index contributed by atoms with van der Waals surface area (Å²) in [6, 6.07) is 9.95. The summed E-state index contributed by atoms with van der Waals surface area (Å²) in [7, 11) is 1.75. The summed E-state index contributed by atoms with van der Waals surface area (Å²) in [5.74, 6) is -0.950.